The molecule has 0 aromatic heterocycles. The highest BCUT2D eigenvalue weighted by molar-refractivity contribution is 6.09. The number of carboxylic acids is 1. The fourth-order valence-electron chi connectivity index (χ4n) is 3.36. The Bertz CT molecular complexity index is 953. The number of ether oxygens (including phenoxy) is 1. The number of benzene rings is 2. The first-order chi connectivity index (χ1) is 13.9. The molecule has 1 aliphatic rings. The predicted octanol–water partition coefficient (Wildman–Crippen LogP) is 3.54. The molecule has 0 radical (unpaired) electrons. The summed E-state index contributed by atoms with van der Waals surface area (Å²) in [4.78, 5) is 37.0. The van der Waals surface area contributed by atoms with Crippen LogP contribution in [0.4, 0.5) is 17.1 Å². The predicted molar refractivity (Wildman–Crippen MR) is 107 cm³/mol. The van der Waals surface area contributed by atoms with Crippen molar-refractivity contribution in [2.75, 3.05) is 30.4 Å². The van der Waals surface area contributed by atoms with E-state index in [2.05, 4.69) is 5.32 Å². The first-order valence-electron chi connectivity index (χ1n) is 9.17. The van der Waals surface area contributed by atoms with Crippen molar-refractivity contribution in [1.29, 1.82) is 0 Å². The van der Waals surface area contributed by atoms with E-state index in [-0.39, 0.29) is 28.3 Å². The number of non-ortho nitro benzene ring substituents is 1. The summed E-state index contributed by atoms with van der Waals surface area (Å²) >= 11 is 0. The van der Waals surface area contributed by atoms with Gasteiger partial charge in [-0.05, 0) is 43.5 Å². The van der Waals surface area contributed by atoms with Crippen LogP contribution in [-0.4, -0.2) is 42.1 Å². The average molecular weight is 399 g/mol. The van der Waals surface area contributed by atoms with E-state index in [0.717, 1.165) is 32.4 Å². The maximum Gasteiger partial charge on any atom is 0.335 e. The Morgan fingerprint density at radius 3 is 2.48 bits per heavy atom. The highest BCUT2D eigenvalue weighted by Gasteiger charge is 2.23. The number of hydrogen-bond donors (Lipinski definition) is 2. The molecule has 2 aromatic carbocycles. The minimum Gasteiger partial charge on any atom is -0.495 e. The zero-order valence-corrected chi connectivity index (χ0v) is 15.9. The van der Waals surface area contributed by atoms with Gasteiger partial charge in [-0.15, -0.1) is 0 Å². The van der Waals surface area contributed by atoms with E-state index in [9.17, 15) is 24.8 Å². The lowest BCUT2D eigenvalue weighted by molar-refractivity contribution is -0.384. The minimum absolute atomic E-state index is 0.0172. The van der Waals surface area contributed by atoms with Crippen molar-refractivity contribution < 1.29 is 24.4 Å². The van der Waals surface area contributed by atoms with Crippen LogP contribution in [0.2, 0.25) is 0 Å². The van der Waals surface area contributed by atoms with E-state index >= 15 is 0 Å². The van der Waals surface area contributed by atoms with Crippen molar-refractivity contribution in [2.45, 2.75) is 19.3 Å². The van der Waals surface area contributed by atoms with Gasteiger partial charge < -0.3 is 20.1 Å². The highest BCUT2D eigenvalue weighted by Crippen LogP contribution is 2.31. The Labute approximate surface area is 167 Å². The largest absolute Gasteiger partial charge is 0.495 e. The lowest BCUT2D eigenvalue weighted by Gasteiger charge is -2.30. The van der Waals surface area contributed by atoms with Crippen LogP contribution >= 0.6 is 0 Å². The average Bonchev–Trinajstić information content (AvgIpc) is 2.73. The molecule has 152 valence electrons. The second-order valence-electron chi connectivity index (χ2n) is 6.68. The zero-order chi connectivity index (χ0) is 21.0. The topological polar surface area (TPSA) is 122 Å². The van der Waals surface area contributed by atoms with Gasteiger partial charge in [0.25, 0.3) is 11.6 Å². The van der Waals surface area contributed by atoms with Crippen molar-refractivity contribution in [1.82, 2.24) is 0 Å². The molecule has 1 amide bonds. The molecule has 29 heavy (non-hydrogen) atoms. The molecule has 3 rings (SSSR count). The number of nitrogens with zero attached hydrogens (tertiary/aromatic N) is 2. The molecule has 1 heterocycles. The molecule has 0 aliphatic carbocycles. The second-order valence-corrected chi connectivity index (χ2v) is 6.68. The molecular weight excluding hydrogens is 378 g/mol. The number of piperidine rings is 1. The third-order valence-corrected chi connectivity index (χ3v) is 4.83. The molecule has 2 aromatic rings. The number of nitrogens with one attached hydrogen (secondary N) is 1. The van der Waals surface area contributed by atoms with E-state index in [0.29, 0.717) is 5.69 Å². The number of methoxy groups -OCH3 is 1. The number of anilines is 2. The van der Waals surface area contributed by atoms with Gasteiger partial charge >= 0.3 is 5.97 Å². The lowest BCUT2D eigenvalue weighted by atomic mass is 10.1. The number of rotatable bonds is 6. The molecule has 1 fully saturated rings. The maximum atomic E-state index is 13.0. The monoisotopic (exact) mass is 399 g/mol. The van der Waals surface area contributed by atoms with E-state index in [1.54, 1.807) is 6.07 Å². The quantitative estimate of drug-likeness (QED) is 0.563. The van der Waals surface area contributed by atoms with E-state index in [4.69, 9.17) is 4.74 Å². The van der Waals surface area contributed by atoms with Crippen molar-refractivity contribution in [3.63, 3.8) is 0 Å². The fraction of sp³-hybridized carbons (Fsp3) is 0.300. The van der Waals surface area contributed by atoms with Crippen molar-refractivity contribution in [2.24, 2.45) is 0 Å². The van der Waals surface area contributed by atoms with Gasteiger partial charge in [-0.2, -0.15) is 0 Å². The van der Waals surface area contributed by atoms with Crippen molar-refractivity contribution >= 4 is 28.9 Å². The van der Waals surface area contributed by atoms with Gasteiger partial charge in [-0.25, -0.2) is 4.79 Å². The van der Waals surface area contributed by atoms with E-state index in [1.807, 2.05) is 4.90 Å². The van der Waals surface area contributed by atoms with Crippen LogP contribution in [0.3, 0.4) is 0 Å². The van der Waals surface area contributed by atoms with Crippen LogP contribution in [0.15, 0.2) is 36.4 Å². The number of carbonyl (C=O) groups excluding carboxylic acids is 1. The summed E-state index contributed by atoms with van der Waals surface area (Å²) in [6, 6.07) is 8.31. The number of carbonyl (C=O) groups is 2. The third kappa shape index (κ3) is 4.45. The Morgan fingerprint density at radius 2 is 1.86 bits per heavy atom. The molecule has 0 atom stereocenters. The van der Waals surface area contributed by atoms with Gasteiger partial charge in [-0.3, -0.25) is 14.9 Å². The molecule has 0 unspecified atom stereocenters. The van der Waals surface area contributed by atoms with Crippen LogP contribution < -0.4 is 15.0 Å². The highest BCUT2D eigenvalue weighted by atomic mass is 16.6. The third-order valence-electron chi connectivity index (χ3n) is 4.83. The van der Waals surface area contributed by atoms with Gasteiger partial charge in [0.05, 0.1) is 34.5 Å². The summed E-state index contributed by atoms with van der Waals surface area (Å²) < 4.78 is 5.20. The lowest BCUT2D eigenvalue weighted by Crippen LogP contribution is -2.31. The summed E-state index contributed by atoms with van der Waals surface area (Å²) in [7, 11) is 1.40. The van der Waals surface area contributed by atoms with Gasteiger partial charge in [-0.1, -0.05) is 0 Å². The molecule has 0 bridgehead atoms. The smallest absolute Gasteiger partial charge is 0.335 e. The number of hydrogen-bond acceptors (Lipinski definition) is 6. The Balaban J connectivity index is 1.99. The molecule has 1 aliphatic heterocycles. The number of nitro benzene ring substituents is 1. The Kier molecular flexibility index (Phi) is 5.96. The summed E-state index contributed by atoms with van der Waals surface area (Å²) in [6.07, 6.45) is 3.06. The first-order valence-corrected chi connectivity index (χ1v) is 9.17. The van der Waals surface area contributed by atoms with Crippen LogP contribution in [0.1, 0.15) is 40.0 Å². The van der Waals surface area contributed by atoms with Crippen molar-refractivity contribution in [3.8, 4) is 5.75 Å². The molecular formula is C20H21N3O6. The van der Waals surface area contributed by atoms with Crippen LogP contribution in [0.5, 0.6) is 5.75 Å². The minimum atomic E-state index is -1.15. The van der Waals surface area contributed by atoms with E-state index < -0.39 is 16.8 Å². The Hall–Kier alpha value is -3.62. The van der Waals surface area contributed by atoms with Crippen molar-refractivity contribution in [3.05, 3.63) is 57.6 Å². The van der Waals surface area contributed by atoms with Crippen LogP contribution in [0.25, 0.3) is 0 Å². The summed E-state index contributed by atoms with van der Waals surface area (Å²) in [6.45, 7) is 1.52. The standard InChI is InChI=1S/C20H21N3O6/c1-29-18-8-5-13(20(25)26)11-16(18)21-19(24)15-12-14(23(27)28)6-7-17(15)22-9-3-2-4-10-22/h5-8,11-12H,2-4,9-10H2,1H3,(H,21,24)(H,25,26). The number of aromatic carboxylic acids is 1. The summed E-state index contributed by atoms with van der Waals surface area (Å²) in [5.41, 5.74) is 0.733. The second kappa shape index (κ2) is 8.59. The number of nitro groups is 1. The summed E-state index contributed by atoms with van der Waals surface area (Å²) in [5.74, 6) is -1.43. The normalized spacial score (nSPS) is 13.6. The molecule has 0 saturated carbocycles. The van der Waals surface area contributed by atoms with Gasteiger partial charge in [0, 0.05) is 25.2 Å². The van der Waals surface area contributed by atoms with Gasteiger partial charge in [0.1, 0.15) is 5.75 Å². The maximum absolute atomic E-state index is 13.0. The Morgan fingerprint density at radius 1 is 1.14 bits per heavy atom. The van der Waals surface area contributed by atoms with Gasteiger partial charge in [0.15, 0.2) is 0 Å². The number of carboxylic acid groups (broad SMARTS) is 1. The zero-order valence-electron chi connectivity index (χ0n) is 15.9. The van der Waals surface area contributed by atoms with Gasteiger partial charge in [0.2, 0.25) is 0 Å². The molecule has 9 nitrogen and oxygen atoms in total. The van der Waals surface area contributed by atoms with Crippen LogP contribution in [-0.2, 0) is 0 Å². The van der Waals surface area contributed by atoms with E-state index in [1.165, 1.54) is 37.4 Å². The fourth-order valence-corrected chi connectivity index (χ4v) is 3.36. The molecule has 1 saturated heterocycles. The molecule has 2 N–H and O–H groups in total. The SMILES string of the molecule is COc1ccc(C(=O)O)cc1NC(=O)c1cc([N+](=O)[O-])ccc1N1CCCCC1. The first kappa shape index (κ1) is 20.1. The molecule has 0 spiro atoms. The number of amides is 1. The van der Waals surface area contributed by atoms with Crippen LogP contribution in [0, 0.1) is 10.1 Å². The summed E-state index contributed by atoms with van der Waals surface area (Å²) in [5, 5.41) is 23.1. The molecule has 9 heteroatoms.